The lowest BCUT2D eigenvalue weighted by molar-refractivity contribution is 0.0696. The molecule has 1 N–H and O–H groups in total. The summed E-state index contributed by atoms with van der Waals surface area (Å²) in [4.78, 5) is 23.1. The minimum Gasteiger partial charge on any atom is -0.341 e. The smallest absolute Gasteiger partial charge is 0.253 e. The fourth-order valence-electron chi connectivity index (χ4n) is 4.42. The number of hydrogen-bond acceptors (Lipinski definition) is 2. The Labute approximate surface area is 167 Å². The average molecular weight is 376 g/mol. The lowest BCUT2D eigenvalue weighted by atomic mass is 9.93. The molecular formula is C24H29N3O. The molecule has 28 heavy (non-hydrogen) atoms. The molecule has 1 aliphatic rings. The van der Waals surface area contributed by atoms with E-state index in [-0.39, 0.29) is 11.8 Å². The van der Waals surface area contributed by atoms with E-state index in [1.807, 2.05) is 42.3 Å². The molecule has 1 amide bonds. The van der Waals surface area contributed by atoms with E-state index in [0.29, 0.717) is 6.04 Å². The zero-order valence-electron chi connectivity index (χ0n) is 16.8. The van der Waals surface area contributed by atoms with Gasteiger partial charge in [-0.3, -0.25) is 4.79 Å². The zero-order chi connectivity index (χ0) is 19.5. The number of aromatic amines is 1. The summed E-state index contributed by atoms with van der Waals surface area (Å²) in [6, 6.07) is 16.6. The summed E-state index contributed by atoms with van der Waals surface area (Å²) < 4.78 is 0. The molecule has 1 saturated carbocycles. The first kappa shape index (κ1) is 18.7. The maximum absolute atomic E-state index is 12.9. The summed E-state index contributed by atoms with van der Waals surface area (Å²) >= 11 is 0. The molecule has 1 fully saturated rings. The van der Waals surface area contributed by atoms with Gasteiger partial charge in [-0.1, -0.05) is 50.5 Å². The van der Waals surface area contributed by atoms with Gasteiger partial charge >= 0.3 is 0 Å². The van der Waals surface area contributed by atoms with E-state index in [4.69, 9.17) is 4.98 Å². The summed E-state index contributed by atoms with van der Waals surface area (Å²) in [6.07, 6.45) is 6.98. The third-order valence-electron chi connectivity index (χ3n) is 6.15. The number of carbonyl (C=O) groups excluding carboxylic acids is 1. The average Bonchev–Trinajstić information content (AvgIpc) is 3.18. The molecular weight excluding hydrogens is 346 g/mol. The van der Waals surface area contributed by atoms with Gasteiger partial charge in [0.15, 0.2) is 0 Å². The van der Waals surface area contributed by atoms with E-state index in [0.717, 1.165) is 41.7 Å². The first-order valence-electron chi connectivity index (χ1n) is 10.5. The Hall–Kier alpha value is -2.62. The van der Waals surface area contributed by atoms with Crippen LogP contribution in [-0.2, 0) is 0 Å². The van der Waals surface area contributed by atoms with Gasteiger partial charge in [-0.05, 0) is 49.1 Å². The lowest BCUT2D eigenvalue weighted by Crippen LogP contribution is -2.38. The van der Waals surface area contributed by atoms with E-state index in [9.17, 15) is 4.79 Å². The summed E-state index contributed by atoms with van der Waals surface area (Å²) in [7, 11) is 1.95. The Kier molecular flexibility index (Phi) is 5.47. The first-order valence-corrected chi connectivity index (χ1v) is 10.5. The van der Waals surface area contributed by atoms with Crippen molar-refractivity contribution >= 4 is 16.9 Å². The molecule has 4 nitrogen and oxygen atoms in total. The van der Waals surface area contributed by atoms with Crippen molar-refractivity contribution in [2.24, 2.45) is 0 Å². The standard InChI is InChI=1S/C24H29N3O/c1-3-20(23-25-21-11-7-8-12-22(21)26-23)17-13-15-18(16-14-17)24(28)27(2)19-9-5-4-6-10-19/h7-8,11-16,19-20H,3-6,9-10H2,1-2H3,(H,25,26). The Morgan fingerprint density at radius 1 is 1.11 bits per heavy atom. The van der Waals surface area contributed by atoms with Crippen LogP contribution in [-0.4, -0.2) is 33.9 Å². The molecule has 1 aliphatic carbocycles. The van der Waals surface area contributed by atoms with Crippen molar-refractivity contribution in [2.45, 2.75) is 57.4 Å². The highest BCUT2D eigenvalue weighted by atomic mass is 16.2. The number of carbonyl (C=O) groups is 1. The molecule has 1 unspecified atom stereocenters. The molecule has 0 saturated heterocycles. The second kappa shape index (κ2) is 8.17. The number of para-hydroxylation sites is 2. The lowest BCUT2D eigenvalue weighted by Gasteiger charge is -2.31. The minimum atomic E-state index is 0.134. The highest BCUT2D eigenvalue weighted by Gasteiger charge is 2.23. The molecule has 146 valence electrons. The number of aromatic nitrogens is 2. The normalized spacial score (nSPS) is 16.2. The Balaban J connectivity index is 1.53. The fourth-order valence-corrected chi connectivity index (χ4v) is 4.42. The number of benzene rings is 2. The van der Waals surface area contributed by atoms with Crippen molar-refractivity contribution in [2.75, 3.05) is 7.05 Å². The van der Waals surface area contributed by atoms with Crippen LogP contribution in [0.25, 0.3) is 11.0 Å². The monoisotopic (exact) mass is 375 g/mol. The van der Waals surface area contributed by atoms with Crippen molar-refractivity contribution in [3.63, 3.8) is 0 Å². The van der Waals surface area contributed by atoms with Gasteiger partial charge in [0.1, 0.15) is 5.82 Å². The predicted octanol–water partition coefficient (Wildman–Crippen LogP) is 5.51. The van der Waals surface area contributed by atoms with Gasteiger partial charge in [-0.2, -0.15) is 0 Å². The van der Waals surface area contributed by atoms with Gasteiger partial charge in [-0.25, -0.2) is 4.98 Å². The van der Waals surface area contributed by atoms with Crippen LogP contribution in [0.3, 0.4) is 0 Å². The summed E-state index contributed by atoms with van der Waals surface area (Å²) in [6.45, 7) is 2.17. The minimum absolute atomic E-state index is 0.134. The quantitative estimate of drug-likeness (QED) is 0.639. The van der Waals surface area contributed by atoms with Crippen LogP contribution in [0.1, 0.15) is 73.1 Å². The van der Waals surface area contributed by atoms with Crippen molar-refractivity contribution < 1.29 is 4.79 Å². The number of nitrogens with zero attached hydrogens (tertiary/aromatic N) is 2. The Bertz CT molecular complexity index is 905. The molecule has 0 spiro atoms. The number of imidazole rings is 1. The van der Waals surface area contributed by atoms with Gasteiger partial charge in [0, 0.05) is 24.6 Å². The van der Waals surface area contributed by atoms with Gasteiger partial charge in [0.25, 0.3) is 5.91 Å². The van der Waals surface area contributed by atoms with E-state index in [1.165, 1.54) is 24.8 Å². The number of rotatable bonds is 5. The second-order valence-electron chi connectivity index (χ2n) is 7.93. The number of hydrogen-bond donors (Lipinski definition) is 1. The first-order chi connectivity index (χ1) is 13.7. The highest BCUT2D eigenvalue weighted by molar-refractivity contribution is 5.94. The zero-order valence-corrected chi connectivity index (χ0v) is 16.8. The highest BCUT2D eigenvalue weighted by Crippen LogP contribution is 2.28. The van der Waals surface area contributed by atoms with Crippen LogP contribution in [0.5, 0.6) is 0 Å². The molecule has 4 rings (SSSR count). The molecule has 0 aliphatic heterocycles. The van der Waals surface area contributed by atoms with Crippen molar-refractivity contribution in [1.82, 2.24) is 14.9 Å². The summed E-state index contributed by atoms with van der Waals surface area (Å²) in [5, 5.41) is 0. The van der Waals surface area contributed by atoms with Gasteiger partial charge in [0.2, 0.25) is 0 Å². The maximum Gasteiger partial charge on any atom is 0.253 e. The Morgan fingerprint density at radius 2 is 1.82 bits per heavy atom. The topological polar surface area (TPSA) is 49.0 Å². The van der Waals surface area contributed by atoms with Crippen molar-refractivity contribution in [1.29, 1.82) is 0 Å². The maximum atomic E-state index is 12.9. The van der Waals surface area contributed by atoms with Crippen LogP contribution < -0.4 is 0 Å². The predicted molar refractivity (Wildman–Crippen MR) is 114 cm³/mol. The molecule has 1 atom stereocenters. The summed E-state index contributed by atoms with van der Waals surface area (Å²) in [5.74, 6) is 1.32. The molecule has 3 aromatic rings. The molecule has 1 aromatic heterocycles. The molecule has 0 radical (unpaired) electrons. The van der Waals surface area contributed by atoms with Crippen molar-refractivity contribution in [3.8, 4) is 0 Å². The van der Waals surface area contributed by atoms with Crippen LogP contribution in [0.4, 0.5) is 0 Å². The molecule has 2 aromatic carbocycles. The number of nitrogens with one attached hydrogen (secondary N) is 1. The SMILES string of the molecule is CCC(c1ccc(C(=O)N(C)C2CCCCC2)cc1)c1nc2ccccc2[nH]1. The van der Waals surface area contributed by atoms with E-state index >= 15 is 0 Å². The van der Waals surface area contributed by atoms with E-state index in [2.05, 4.69) is 30.1 Å². The Morgan fingerprint density at radius 3 is 2.50 bits per heavy atom. The number of fused-ring (bicyclic) bond motifs is 1. The number of H-pyrrole nitrogens is 1. The fraction of sp³-hybridized carbons (Fsp3) is 0.417. The van der Waals surface area contributed by atoms with E-state index < -0.39 is 0 Å². The van der Waals surface area contributed by atoms with Crippen molar-refractivity contribution in [3.05, 3.63) is 65.5 Å². The molecule has 4 heteroatoms. The van der Waals surface area contributed by atoms with E-state index in [1.54, 1.807) is 0 Å². The van der Waals surface area contributed by atoms with Crippen LogP contribution in [0, 0.1) is 0 Å². The second-order valence-corrected chi connectivity index (χ2v) is 7.93. The molecule has 1 heterocycles. The summed E-state index contributed by atoms with van der Waals surface area (Å²) in [5.41, 5.74) is 4.03. The third kappa shape index (κ3) is 3.68. The number of amides is 1. The van der Waals surface area contributed by atoms with Gasteiger partial charge in [0.05, 0.1) is 11.0 Å². The van der Waals surface area contributed by atoms with Gasteiger partial charge in [-0.15, -0.1) is 0 Å². The third-order valence-corrected chi connectivity index (χ3v) is 6.15. The van der Waals surface area contributed by atoms with Gasteiger partial charge < -0.3 is 9.88 Å². The largest absolute Gasteiger partial charge is 0.341 e. The van der Waals surface area contributed by atoms with Crippen LogP contribution in [0.2, 0.25) is 0 Å². The van der Waals surface area contributed by atoms with Crippen LogP contribution >= 0.6 is 0 Å². The molecule has 0 bridgehead atoms. The van der Waals surface area contributed by atoms with Crippen LogP contribution in [0.15, 0.2) is 48.5 Å².